The first-order valence-corrected chi connectivity index (χ1v) is 10.9. The second kappa shape index (κ2) is 5.56. The molecule has 110 valence electrons. The van der Waals surface area contributed by atoms with E-state index in [1.807, 2.05) is 24.3 Å². The van der Waals surface area contributed by atoms with Crippen LogP contribution in [0.3, 0.4) is 0 Å². The molecular weight excluding hydrogens is 286 g/mol. The molecule has 3 rings (SSSR count). The van der Waals surface area contributed by atoms with Crippen molar-refractivity contribution >= 4 is 29.9 Å². The number of rotatable bonds is 3. The summed E-state index contributed by atoms with van der Waals surface area (Å²) in [7, 11) is -1.82. The third-order valence-electron chi connectivity index (χ3n) is 3.66. The van der Waals surface area contributed by atoms with E-state index in [1.54, 1.807) is 0 Å². The summed E-state index contributed by atoms with van der Waals surface area (Å²) in [5.74, 6) is 0. The van der Waals surface area contributed by atoms with Gasteiger partial charge in [0.2, 0.25) is 0 Å². The second-order valence-electron chi connectivity index (χ2n) is 6.47. The largest absolute Gasteiger partial charge is 0.399 e. The van der Waals surface area contributed by atoms with Gasteiger partial charge in [-0.1, -0.05) is 48.5 Å². The first kappa shape index (κ1) is 14.8. The predicted molar refractivity (Wildman–Crippen MR) is 94.2 cm³/mol. The molecular formula is C19H19NOSi. The van der Waals surface area contributed by atoms with Crippen LogP contribution in [0.2, 0.25) is 19.6 Å². The molecule has 0 radical (unpaired) electrons. The molecule has 0 aliphatic rings. The second-order valence-corrected chi connectivity index (χ2v) is 10.9. The Kier molecular flexibility index (Phi) is 3.74. The van der Waals surface area contributed by atoms with Gasteiger partial charge in [-0.2, -0.15) is 5.26 Å². The molecule has 0 N–H and O–H groups in total. The summed E-state index contributed by atoms with van der Waals surface area (Å²) >= 11 is 0. The monoisotopic (exact) mass is 305 g/mol. The average Bonchev–Trinajstić information content (AvgIpc) is 2.49. The topological polar surface area (TPSA) is 33.0 Å². The van der Waals surface area contributed by atoms with Gasteiger partial charge >= 0.3 is 0 Å². The lowest BCUT2D eigenvalue weighted by molar-refractivity contribution is 0.258. The molecule has 1 atom stereocenters. The molecule has 3 heteroatoms. The molecule has 0 bridgehead atoms. The van der Waals surface area contributed by atoms with Crippen molar-refractivity contribution in [2.24, 2.45) is 0 Å². The highest BCUT2D eigenvalue weighted by atomic mass is 28.4. The van der Waals surface area contributed by atoms with Crippen LogP contribution in [0.15, 0.2) is 54.6 Å². The summed E-state index contributed by atoms with van der Waals surface area (Å²) in [5.41, 5.74) is 0.999. The lowest BCUT2D eigenvalue weighted by Gasteiger charge is -2.24. The molecule has 0 aliphatic heterocycles. The molecule has 3 aromatic carbocycles. The Bertz CT molecular complexity index is 820. The van der Waals surface area contributed by atoms with Crippen molar-refractivity contribution in [3.8, 4) is 6.07 Å². The van der Waals surface area contributed by atoms with Crippen molar-refractivity contribution in [2.75, 3.05) is 0 Å². The van der Waals surface area contributed by atoms with Crippen molar-refractivity contribution in [2.45, 2.75) is 25.7 Å². The molecule has 0 amide bonds. The van der Waals surface area contributed by atoms with E-state index < -0.39 is 14.4 Å². The van der Waals surface area contributed by atoms with Crippen molar-refractivity contribution < 1.29 is 4.43 Å². The van der Waals surface area contributed by atoms with Gasteiger partial charge in [0, 0.05) is 5.56 Å². The van der Waals surface area contributed by atoms with E-state index in [4.69, 9.17) is 4.43 Å². The fourth-order valence-electron chi connectivity index (χ4n) is 2.83. The molecule has 0 saturated heterocycles. The van der Waals surface area contributed by atoms with E-state index in [1.165, 1.54) is 0 Å². The minimum Gasteiger partial charge on any atom is -0.399 e. The van der Waals surface area contributed by atoms with Gasteiger partial charge in [0.05, 0.1) is 6.07 Å². The van der Waals surface area contributed by atoms with Crippen molar-refractivity contribution in [3.05, 3.63) is 60.2 Å². The standard InChI is InChI=1S/C19H19NOSi/c1-22(2,3)21-18(13-20)19-16-10-6-4-8-14(16)12-15-9-5-7-11-17(15)19/h4-12,18H,1-3H3/t18-/m1/s1. The molecule has 0 unspecified atom stereocenters. The zero-order valence-corrected chi connectivity index (χ0v) is 14.1. The van der Waals surface area contributed by atoms with Gasteiger partial charge in [-0.25, -0.2) is 0 Å². The highest BCUT2D eigenvalue weighted by Gasteiger charge is 2.25. The van der Waals surface area contributed by atoms with Crippen LogP contribution in [0, 0.1) is 11.3 Å². The highest BCUT2D eigenvalue weighted by Crippen LogP contribution is 2.35. The van der Waals surface area contributed by atoms with Crippen LogP contribution in [0.25, 0.3) is 21.5 Å². The van der Waals surface area contributed by atoms with Gasteiger partial charge in [-0.3, -0.25) is 0 Å². The molecule has 0 spiro atoms. The van der Waals surface area contributed by atoms with Crippen LogP contribution in [0.1, 0.15) is 11.7 Å². The van der Waals surface area contributed by atoms with Crippen LogP contribution in [0.5, 0.6) is 0 Å². The lowest BCUT2D eigenvalue weighted by Crippen LogP contribution is -2.27. The first-order valence-electron chi connectivity index (χ1n) is 7.47. The highest BCUT2D eigenvalue weighted by molar-refractivity contribution is 6.69. The molecule has 3 aromatic rings. The van der Waals surface area contributed by atoms with E-state index in [2.05, 4.69) is 56.0 Å². The quantitative estimate of drug-likeness (QED) is 0.479. The van der Waals surface area contributed by atoms with E-state index in [0.29, 0.717) is 0 Å². The third-order valence-corrected chi connectivity index (χ3v) is 4.61. The smallest absolute Gasteiger partial charge is 0.186 e. The summed E-state index contributed by atoms with van der Waals surface area (Å²) in [6.45, 7) is 6.35. The van der Waals surface area contributed by atoms with Crippen molar-refractivity contribution in [3.63, 3.8) is 0 Å². The number of nitriles is 1. The van der Waals surface area contributed by atoms with E-state index in [9.17, 15) is 5.26 Å². The van der Waals surface area contributed by atoms with Crippen LogP contribution in [0.4, 0.5) is 0 Å². The van der Waals surface area contributed by atoms with E-state index >= 15 is 0 Å². The number of hydrogen-bond acceptors (Lipinski definition) is 2. The van der Waals surface area contributed by atoms with Gasteiger partial charge in [-0.15, -0.1) is 0 Å². The maximum Gasteiger partial charge on any atom is 0.186 e. The summed E-state index contributed by atoms with van der Waals surface area (Å²) in [4.78, 5) is 0. The number of fused-ring (bicyclic) bond motifs is 2. The Labute approximate surface area is 132 Å². The van der Waals surface area contributed by atoms with E-state index in [-0.39, 0.29) is 0 Å². The van der Waals surface area contributed by atoms with Crippen LogP contribution >= 0.6 is 0 Å². The molecule has 0 aromatic heterocycles. The van der Waals surface area contributed by atoms with Gasteiger partial charge < -0.3 is 4.43 Å². The summed E-state index contributed by atoms with van der Waals surface area (Å²) in [6, 6.07) is 21.0. The maximum atomic E-state index is 9.71. The SMILES string of the molecule is C[Si](C)(C)O[C@H](C#N)c1c2ccccc2cc2ccccc12. The number of benzene rings is 3. The molecule has 0 aliphatic carbocycles. The van der Waals surface area contributed by atoms with Crippen LogP contribution in [-0.2, 0) is 4.43 Å². The van der Waals surface area contributed by atoms with Gasteiger partial charge in [0.25, 0.3) is 0 Å². The normalized spacial score (nSPS) is 13.2. The Morgan fingerprint density at radius 2 is 1.41 bits per heavy atom. The minimum absolute atomic E-state index is 0.525. The first-order chi connectivity index (χ1) is 10.5. The minimum atomic E-state index is -1.82. The van der Waals surface area contributed by atoms with Crippen molar-refractivity contribution in [1.82, 2.24) is 0 Å². The Morgan fingerprint density at radius 1 is 0.909 bits per heavy atom. The zero-order chi connectivity index (χ0) is 15.7. The Hall–Kier alpha value is -2.15. The lowest BCUT2D eigenvalue weighted by atomic mass is 9.94. The van der Waals surface area contributed by atoms with Crippen LogP contribution < -0.4 is 0 Å². The predicted octanol–water partition coefficient (Wildman–Crippen LogP) is 5.41. The fourth-order valence-corrected chi connectivity index (χ4v) is 3.71. The maximum absolute atomic E-state index is 9.71. The average molecular weight is 305 g/mol. The van der Waals surface area contributed by atoms with Crippen LogP contribution in [-0.4, -0.2) is 8.32 Å². The third kappa shape index (κ3) is 2.76. The van der Waals surface area contributed by atoms with E-state index in [0.717, 1.165) is 27.1 Å². The molecule has 0 heterocycles. The zero-order valence-electron chi connectivity index (χ0n) is 13.1. The molecule has 22 heavy (non-hydrogen) atoms. The summed E-state index contributed by atoms with van der Waals surface area (Å²) in [6.07, 6.45) is -0.525. The summed E-state index contributed by atoms with van der Waals surface area (Å²) < 4.78 is 6.17. The molecule has 0 fully saturated rings. The number of hydrogen-bond donors (Lipinski definition) is 0. The fraction of sp³-hybridized carbons (Fsp3) is 0.211. The van der Waals surface area contributed by atoms with Crippen molar-refractivity contribution in [1.29, 1.82) is 5.26 Å². The van der Waals surface area contributed by atoms with Gasteiger partial charge in [0.1, 0.15) is 0 Å². The summed E-state index contributed by atoms with van der Waals surface area (Å²) in [5, 5.41) is 14.2. The molecule has 2 nitrogen and oxygen atoms in total. The Morgan fingerprint density at radius 3 is 1.86 bits per heavy atom. The van der Waals surface area contributed by atoms with Gasteiger partial charge in [0.15, 0.2) is 14.4 Å². The Balaban J connectivity index is 2.35. The van der Waals surface area contributed by atoms with Gasteiger partial charge in [-0.05, 0) is 47.3 Å². The molecule has 0 saturated carbocycles. The number of nitrogens with zero attached hydrogens (tertiary/aromatic N) is 1.